The SMILES string of the molecule is C[C@@H](OC(=O)c1ccc(CO)cc1)C(=O)Nc1c(F)cccc1F. The Morgan fingerprint density at radius 1 is 1.12 bits per heavy atom. The van der Waals surface area contributed by atoms with Crippen molar-refractivity contribution >= 4 is 17.6 Å². The second-order valence-corrected chi connectivity index (χ2v) is 4.99. The van der Waals surface area contributed by atoms with E-state index < -0.39 is 35.3 Å². The molecule has 1 atom stereocenters. The van der Waals surface area contributed by atoms with E-state index in [1.165, 1.54) is 37.3 Å². The lowest BCUT2D eigenvalue weighted by atomic mass is 10.1. The van der Waals surface area contributed by atoms with E-state index in [1.54, 1.807) is 0 Å². The number of nitrogens with one attached hydrogen (secondary N) is 1. The molecule has 0 unspecified atom stereocenters. The molecule has 5 nitrogen and oxygen atoms in total. The van der Waals surface area contributed by atoms with E-state index >= 15 is 0 Å². The van der Waals surface area contributed by atoms with Gasteiger partial charge in [0.15, 0.2) is 6.10 Å². The molecule has 0 saturated heterocycles. The number of aliphatic hydroxyl groups is 1. The van der Waals surface area contributed by atoms with Gasteiger partial charge < -0.3 is 15.2 Å². The van der Waals surface area contributed by atoms with Crippen molar-refractivity contribution in [3.05, 3.63) is 65.2 Å². The smallest absolute Gasteiger partial charge is 0.338 e. The second-order valence-electron chi connectivity index (χ2n) is 4.99. The lowest BCUT2D eigenvalue weighted by Crippen LogP contribution is -2.30. The van der Waals surface area contributed by atoms with Crippen LogP contribution >= 0.6 is 0 Å². The molecule has 1 amide bonds. The first-order valence-electron chi connectivity index (χ1n) is 7.08. The largest absolute Gasteiger partial charge is 0.449 e. The molecule has 0 spiro atoms. The van der Waals surface area contributed by atoms with E-state index in [9.17, 15) is 18.4 Å². The van der Waals surface area contributed by atoms with Crippen molar-refractivity contribution in [1.29, 1.82) is 0 Å². The number of rotatable bonds is 5. The first-order valence-corrected chi connectivity index (χ1v) is 7.08. The number of carbonyl (C=O) groups is 2. The third kappa shape index (κ3) is 4.14. The molecule has 2 N–H and O–H groups in total. The Kier molecular flexibility index (Phi) is 5.59. The van der Waals surface area contributed by atoms with Crippen molar-refractivity contribution in [1.82, 2.24) is 0 Å². The summed E-state index contributed by atoms with van der Waals surface area (Å²) in [5.74, 6) is -3.49. The Morgan fingerprint density at radius 3 is 2.25 bits per heavy atom. The quantitative estimate of drug-likeness (QED) is 0.824. The molecule has 0 radical (unpaired) electrons. The number of aliphatic hydroxyl groups excluding tert-OH is 1. The fraction of sp³-hybridized carbons (Fsp3) is 0.176. The first-order chi connectivity index (χ1) is 11.4. The first kappa shape index (κ1) is 17.6. The van der Waals surface area contributed by atoms with Crippen molar-refractivity contribution in [3.63, 3.8) is 0 Å². The normalized spacial score (nSPS) is 11.7. The van der Waals surface area contributed by atoms with Crippen LogP contribution in [0.15, 0.2) is 42.5 Å². The number of para-hydroxylation sites is 1. The predicted molar refractivity (Wildman–Crippen MR) is 82.2 cm³/mol. The molecule has 0 aliphatic rings. The van der Waals surface area contributed by atoms with Gasteiger partial charge in [0.05, 0.1) is 12.2 Å². The van der Waals surface area contributed by atoms with Crippen molar-refractivity contribution in [3.8, 4) is 0 Å². The van der Waals surface area contributed by atoms with Gasteiger partial charge in [0, 0.05) is 0 Å². The van der Waals surface area contributed by atoms with Crippen LogP contribution in [-0.4, -0.2) is 23.1 Å². The van der Waals surface area contributed by atoms with E-state index in [-0.39, 0.29) is 12.2 Å². The number of esters is 1. The molecule has 7 heteroatoms. The second kappa shape index (κ2) is 7.65. The summed E-state index contributed by atoms with van der Waals surface area (Å²) in [4.78, 5) is 23.9. The van der Waals surface area contributed by atoms with Gasteiger partial charge in [-0.15, -0.1) is 0 Å². The summed E-state index contributed by atoms with van der Waals surface area (Å²) in [5.41, 5.74) is 0.203. The topological polar surface area (TPSA) is 75.6 Å². The van der Waals surface area contributed by atoms with Crippen molar-refractivity contribution in [2.45, 2.75) is 19.6 Å². The van der Waals surface area contributed by atoms with Gasteiger partial charge in [0.25, 0.3) is 5.91 Å². The average Bonchev–Trinajstić information content (AvgIpc) is 2.58. The summed E-state index contributed by atoms with van der Waals surface area (Å²) in [6, 6.07) is 9.12. The maximum Gasteiger partial charge on any atom is 0.338 e. The average molecular weight is 335 g/mol. The maximum atomic E-state index is 13.5. The fourth-order valence-corrected chi connectivity index (χ4v) is 1.87. The summed E-state index contributed by atoms with van der Waals surface area (Å²) in [5, 5.41) is 11.0. The molecule has 0 fully saturated rings. The highest BCUT2D eigenvalue weighted by molar-refractivity contribution is 5.97. The summed E-state index contributed by atoms with van der Waals surface area (Å²) < 4.78 is 31.9. The van der Waals surface area contributed by atoms with Crippen LogP contribution in [-0.2, 0) is 16.1 Å². The van der Waals surface area contributed by atoms with Gasteiger partial charge in [-0.2, -0.15) is 0 Å². The number of hydrogen-bond acceptors (Lipinski definition) is 4. The van der Waals surface area contributed by atoms with Gasteiger partial charge in [0.1, 0.15) is 17.3 Å². The van der Waals surface area contributed by atoms with E-state index in [1.807, 2.05) is 0 Å². The number of benzene rings is 2. The van der Waals surface area contributed by atoms with Gasteiger partial charge in [-0.05, 0) is 36.8 Å². The fourth-order valence-electron chi connectivity index (χ4n) is 1.87. The van der Waals surface area contributed by atoms with Gasteiger partial charge in [-0.3, -0.25) is 4.79 Å². The molecule has 2 aromatic carbocycles. The molecule has 126 valence electrons. The zero-order valence-electron chi connectivity index (χ0n) is 12.8. The monoisotopic (exact) mass is 335 g/mol. The third-order valence-corrected chi connectivity index (χ3v) is 3.24. The zero-order chi connectivity index (χ0) is 17.7. The molecule has 0 aliphatic carbocycles. The minimum absolute atomic E-state index is 0.164. The Hall–Kier alpha value is -2.80. The highest BCUT2D eigenvalue weighted by atomic mass is 19.1. The Balaban J connectivity index is 2.01. The van der Waals surface area contributed by atoms with Crippen molar-refractivity contribution < 1.29 is 28.2 Å². The lowest BCUT2D eigenvalue weighted by Gasteiger charge is -2.14. The molecule has 0 heterocycles. The summed E-state index contributed by atoms with van der Waals surface area (Å²) in [6.45, 7) is 1.12. The molecule has 0 saturated carbocycles. The van der Waals surface area contributed by atoms with Crippen LogP contribution in [0.4, 0.5) is 14.5 Å². The Bertz CT molecular complexity index is 727. The van der Waals surface area contributed by atoms with Crippen LogP contribution in [0.2, 0.25) is 0 Å². The Morgan fingerprint density at radius 2 is 1.71 bits per heavy atom. The molecule has 0 aromatic heterocycles. The van der Waals surface area contributed by atoms with Crippen LogP contribution in [0.3, 0.4) is 0 Å². The molecule has 0 bridgehead atoms. The van der Waals surface area contributed by atoms with Crippen molar-refractivity contribution in [2.75, 3.05) is 5.32 Å². The summed E-state index contributed by atoms with van der Waals surface area (Å²) in [6.07, 6.45) is -1.26. The number of ether oxygens (including phenoxy) is 1. The van der Waals surface area contributed by atoms with Crippen molar-refractivity contribution in [2.24, 2.45) is 0 Å². The standard InChI is InChI=1S/C17H15F2NO4/c1-10(16(22)20-15-13(18)3-2-4-14(15)19)24-17(23)12-7-5-11(9-21)6-8-12/h2-8,10,21H,9H2,1H3,(H,20,22)/t10-/m1/s1. The number of amides is 1. The molecule has 2 aromatic rings. The minimum Gasteiger partial charge on any atom is -0.449 e. The van der Waals surface area contributed by atoms with Crippen LogP contribution in [0, 0.1) is 11.6 Å². The van der Waals surface area contributed by atoms with Gasteiger partial charge in [-0.1, -0.05) is 18.2 Å². The highest BCUT2D eigenvalue weighted by Gasteiger charge is 2.21. The zero-order valence-corrected chi connectivity index (χ0v) is 12.8. The number of anilines is 1. The summed E-state index contributed by atoms with van der Waals surface area (Å²) in [7, 11) is 0. The third-order valence-electron chi connectivity index (χ3n) is 3.24. The van der Waals surface area contributed by atoms with E-state index in [0.29, 0.717) is 5.56 Å². The van der Waals surface area contributed by atoms with Gasteiger partial charge in [-0.25, -0.2) is 13.6 Å². The number of hydrogen-bond donors (Lipinski definition) is 2. The molecule has 2 rings (SSSR count). The van der Waals surface area contributed by atoms with Crippen LogP contribution in [0.1, 0.15) is 22.8 Å². The van der Waals surface area contributed by atoms with Crippen LogP contribution < -0.4 is 5.32 Å². The molecule has 24 heavy (non-hydrogen) atoms. The minimum atomic E-state index is -1.26. The lowest BCUT2D eigenvalue weighted by molar-refractivity contribution is -0.123. The molecular formula is C17H15F2NO4. The molecular weight excluding hydrogens is 320 g/mol. The number of halogens is 2. The van der Waals surface area contributed by atoms with Crippen LogP contribution in [0.25, 0.3) is 0 Å². The van der Waals surface area contributed by atoms with E-state index in [0.717, 1.165) is 12.1 Å². The highest BCUT2D eigenvalue weighted by Crippen LogP contribution is 2.18. The van der Waals surface area contributed by atoms with E-state index in [4.69, 9.17) is 9.84 Å². The van der Waals surface area contributed by atoms with Gasteiger partial charge >= 0.3 is 5.97 Å². The van der Waals surface area contributed by atoms with Crippen LogP contribution in [0.5, 0.6) is 0 Å². The van der Waals surface area contributed by atoms with E-state index in [2.05, 4.69) is 5.32 Å². The Labute approximate surface area is 136 Å². The predicted octanol–water partition coefficient (Wildman–Crippen LogP) is 2.64. The molecule has 0 aliphatic heterocycles. The number of carbonyl (C=O) groups excluding carboxylic acids is 2. The van der Waals surface area contributed by atoms with Gasteiger partial charge in [0.2, 0.25) is 0 Å². The maximum absolute atomic E-state index is 13.5. The summed E-state index contributed by atoms with van der Waals surface area (Å²) >= 11 is 0.